The number of rotatable bonds is 2. The number of halogens is 4. The first kappa shape index (κ1) is 13.3. The SMILES string of the molecule is CC1CCCCCN1C(=O)C(F)(F)C(F)F. The summed E-state index contributed by atoms with van der Waals surface area (Å²) in [5.41, 5.74) is 0. The molecular weight excluding hydrogens is 226 g/mol. The van der Waals surface area contributed by atoms with E-state index < -0.39 is 18.3 Å². The minimum absolute atomic E-state index is 0.141. The van der Waals surface area contributed by atoms with Crippen LogP contribution in [-0.2, 0) is 4.79 Å². The molecular formula is C10H15F4NO. The molecule has 1 fully saturated rings. The van der Waals surface area contributed by atoms with Crippen molar-refractivity contribution in [3.63, 3.8) is 0 Å². The lowest BCUT2D eigenvalue weighted by molar-refractivity contribution is -0.182. The summed E-state index contributed by atoms with van der Waals surface area (Å²) in [5.74, 6) is -6.30. The van der Waals surface area contributed by atoms with Gasteiger partial charge >= 0.3 is 12.3 Å². The van der Waals surface area contributed by atoms with Gasteiger partial charge in [0.25, 0.3) is 5.91 Å². The first-order valence-corrected chi connectivity index (χ1v) is 5.34. The molecule has 1 heterocycles. The largest absolute Gasteiger partial charge is 0.383 e. The molecule has 1 unspecified atom stereocenters. The molecule has 0 bridgehead atoms. The summed E-state index contributed by atoms with van der Waals surface area (Å²) in [6, 6.07) is -0.389. The van der Waals surface area contributed by atoms with Gasteiger partial charge in [-0.2, -0.15) is 8.78 Å². The third kappa shape index (κ3) is 2.65. The van der Waals surface area contributed by atoms with Crippen LogP contribution in [0.25, 0.3) is 0 Å². The highest BCUT2D eigenvalue weighted by molar-refractivity contribution is 5.84. The van der Waals surface area contributed by atoms with Gasteiger partial charge < -0.3 is 4.90 Å². The first-order chi connectivity index (χ1) is 7.37. The smallest absolute Gasteiger partial charge is 0.335 e. The van der Waals surface area contributed by atoms with Crippen LogP contribution < -0.4 is 0 Å². The molecule has 0 saturated carbocycles. The second-order valence-corrected chi connectivity index (χ2v) is 4.12. The molecule has 0 aromatic rings. The monoisotopic (exact) mass is 241 g/mol. The average molecular weight is 241 g/mol. The maximum atomic E-state index is 12.9. The molecule has 16 heavy (non-hydrogen) atoms. The van der Waals surface area contributed by atoms with Gasteiger partial charge in [-0.25, -0.2) is 8.78 Å². The van der Waals surface area contributed by atoms with E-state index in [1.165, 1.54) is 0 Å². The number of alkyl halides is 4. The van der Waals surface area contributed by atoms with E-state index in [4.69, 9.17) is 0 Å². The molecule has 0 aromatic carbocycles. The minimum Gasteiger partial charge on any atom is -0.335 e. The van der Waals surface area contributed by atoms with Gasteiger partial charge in [-0.05, 0) is 19.8 Å². The Labute approximate surface area is 91.6 Å². The lowest BCUT2D eigenvalue weighted by Crippen LogP contribution is -2.50. The van der Waals surface area contributed by atoms with Crippen LogP contribution in [0.4, 0.5) is 17.6 Å². The van der Waals surface area contributed by atoms with Gasteiger partial charge in [-0.3, -0.25) is 4.79 Å². The van der Waals surface area contributed by atoms with Crippen LogP contribution in [-0.4, -0.2) is 35.7 Å². The van der Waals surface area contributed by atoms with Gasteiger partial charge in [0.05, 0.1) is 0 Å². The van der Waals surface area contributed by atoms with E-state index in [0.29, 0.717) is 12.8 Å². The highest BCUT2D eigenvalue weighted by Crippen LogP contribution is 2.28. The Hall–Kier alpha value is -0.810. The third-order valence-electron chi connectivity index (χ3n) is 2.87. The molecule has 1 atom stereocenters. The van der Waals surface area contributed by atoms with E-state index in [-0.39, 0.29) is 12.6 Å². The van der Waals surface area contributed by atoms with Crippen LogP contribution in [0, 0.1) is 0 Å². The fourth-order valence-electron chi connectivity index (χ4n) is 1.86. The Morgan fingerprint density at radius 2 is 1.94 bits per heavy atom. The van der Waals surface area contributed by atoms with Gasteiger partial charge in [0.1, 0.15) is 0 Å². The van der Waals surface area contributed by atoms with Crippen LogP contribution in [0.3, 0.4) is 0 Å². The molecule has 1 rings (SSSR count). The van der Waals surface area contributed by atoms with Crippen LogP contribution in [0.1, 0.15) is 32.6 Å². The van der Waals surface area contributed by atoms with Crippen LogP contribution in [0.5, 0.6) is 0 Å². The van der Waals surface area contributed by atoms with Crippen molar-refractivity contribution in [2.75, 3.05) is 6.54 Å². The van der Waals surface area contributed by atoms with E-state index >= 15 is 0 Å². The van der Waals surface area contributed by atoms with Crippen molar-refractivity contribution in [3.8, 4) is 0 Å². The van der Waals surface area contributed by atoms with Gasteiger partial charge in [0.2, 0.25) is 0 Å². The summed E-state index contributed by atoms with van der Waals surface area (Å²) in [6.07, 6.45) is -1.07. The van der Waals surface area contributed by atoms with Crippen molar-refractivity contribution < 1.29 is 22.4 Å². The van der Waals surface area contributed by atoms with Gasteiger partial charge in [0.15, 0.2) is 0 Å². The Morgan fingerprint density at radius 3 is 2.50 bits per heavy atom. The second kappa shape index (κ2) is 5.01. The number of amides is 1. The number of hydrogen-bond acceptors (Lipinski definition) is 1. The molecule has 0 N–H and O–H groups in total. The lowest BCUT2D eigenvalue weighted by atomic mass is 10.1. The van der Waals surface area contributed by atoms with E-state index in [1.807, 2.05) is 0 Å². The molecule has 1 aliphatic rings. The van der Waals surface area contributed by atoms with Gasteiger partial charge in [-0.1, -0.05) is 12.8 Å². The van der Waals surface area contributed by atoms with Crippen LogP contribution in [0.15, 0.2) is 0 Å². The van der Waals surface area contributed by atoms with Crippen molar-refractivity contribution in [3.05, 3.63) is 0 Å². The Bertz CT molecular complexity index is 257. The van der Waals surface area contributed by atoms with E-state index in [9.17, 15) is 22.4 Å². The molecule has 0 radical (unpaired) electrons. The van der Waals surface area contributed by atoms with E-state index in [2.05, 4.69) is 0 Å². The number of carbonyl (C=O) groups excluding carboxylic acids is 1. The number of likely N-dealkylation sites (tertiary alicyclic amines) is 1. The quantitative estimate of drug-likeness (QED) is 0.681. The molecule has 0 spiro atoms. The third-order valence-corrected chi connectivity index (χ3v) is 2.87. The van der Waals surface area contributed by atoms with Crippen molar-refractivity contribution in [1.29, 1.82) is 0 Å². The lowest BCUT2D eigenvalue weighted by Gasteiger charge is -2.30. The summed E-state index contributed by atoms with van der Waals surface area (Å²) in [6.45, 7) is 1.76. The predicted molar refractivity (Wildman–Crippen MR) is 50.6 cm³/mol. The normalized spacial score (nSPS) is 23.4. The summed E-state index contributed by atoms with van der Waals surface area (Å²) >= 11 is 0. The molecule has 0 aromatic heterocycles. The minimum atomic E-state index is -4.56. The number of nitrogens with zero attached hydrogens (tertiary/aromatic N) is 1. The fraction of sp³-hybridized carbons (Fsp3) is 0.900. The molecule has 94 valence electrons. The Balaban J connectivity index is 2.78. The highest BCUT2D eigenvalue weighted by Gasteiger charge is 2.51. The van der Waals surface area contributed by atoms with Gasteiger partial charge in [0, 0.05) is 12.6 Å². The maximum absolute atomic E-state index is 12.9. The van der Waals surface area contributed by atoms with Crippen molar-refractivity contribution in [2.24, 2.45) is 0 Å². The second-order valence-electron chi connectivity index (χ2n) is 4.12. The summed E-state index contributed by atoms with van der Waals surface area (Å²) < 4.78 is 49.9. The maximum Gasteiger partial charge on any atom is 0.383 e. The average Bonchev–Trinajstić information content (AvgIpc) is 2.41. The van der Waals surface area contributed by atoms with Crippen LogP contribution in [0.2, 0.25) is 0 Å². The standard InChI is InChI=1S/C10H15F4NO/c1-7-5-3-2-4-6-15(7)9(16)10(13,14)8(11)12/h7-8H,2-6H2,1H3. The molecule has 1 aliphatic heterocycles. The Morgan fingerprint density at radius 1 is 1.31 bits per heavy atom. The first-order valence-electron chi connectivity index (χ1n) is 5.34. The summed E-state index contributed by atoms with van der Waals surface area (Å²) in [4.78, 5) is 12.2. The Kier molecular flexibility index (Phi) is 4.15. The molecule has 0 aliphatic carbocycles. The molecule has 2 nitrogen and oxygen atoms in total. The highest BCUT2D eigenvalue weighted by atomic mass is 19.3. The number of carbonyl (C=O) groups is 1. The summed E-state index contributed by atoms with van der Waals surface area (Å²) in [7, 11) is 0. The van der Waals surface area contributed by atoms with E-state index in [1.54, 1.807) is 6.92 Å². The van der Waals surface area contributed by atoms with Gasteiger partial charge in [-0.15, -0.1) is 0 Å². The van der Waals surface area contributed by atoms with Crippen LogP contribution >= 0.6 is 0 Å². The zero-order valence-corrected chi connectivity index (χ0v) is 9.06. The molecule has 1 saturated heterocycles. The zero-order valence-electron chi connectivity index (χ0n) is 9.06. The fourth-order valence-corrected chi connectivity index (χ4v) is 1.86. The van der Waals surface area contributed by atoms with Crippen molar-refractivity contribution in [1.82, 2.24) is 4.90 Å². The number of hydrogen-bond donors (Lipinski definition) is 0. The molecule has 1 amide bonds. The predicted octanol–water partition coefficient (Wildman–Crippen LogP) is 2.68. The van der Waals surface area contributed by atoms with Crippen molar-refractivity contribution >= 4 is 5.91 Å². The van der Waals surface area contributed by atoms with Crippen molar-refractivity contribution in [2.45, 2.75) is 51.0 Å². The zero-order chi connectivity index (χ0) is 12.3. The molecule has 6 heteroatoms. The van der Waals surface area contributed by atoms with E-state index in [0.717, 1.165) is 17.7 Å². The topological polar surface area (TPSA) is 20.3 Å². The summed E-state index contributed by atoms with van der Waals surface area (Å²) in [5, 5.41) is 0.